The van der Waals surface area contributed by atoms with E-state index < -0.39 is 5.82 Å². The van der Waals surface area contributed by atoms with Crippen LogP contribution < -0.4 is 10.5 Å². The molecule has 1 fully saturated rings. The Morgan fingerprint density at radius 2 is 2.29 bits per heavy atom. The molecule has 1 heterocycles. The molecule has 110 valence electrons. The summed E-state index contributed by atoms with van der Waals surface area (Å²) in [5.74, 6) is 1.79. The Morgan fingerprint density at radius 1 is 1.52 bits per heavy atom. The van der Waals surface area contributed by atoms with Gasteiger partial charge in [0.2, 0.25) is 0 Å². The summed E-state index contributed by atoms with van der Waals surface area (Å²) < 4.78 is 20.8. The number of nitrogens with two attached hydrogens (primary N) is 1. The number of methoxy groups -OCH3 is 1. The second-order valence-corrected chi connectivity index (χ2v) is 5.23. The standard InChI is InChI=1S/C16H18FN3O/c1-3-8-20-15(18)14(19-16(20)10-4-5-10)11-6-7-13(21-2)12(17)9-11/h3,6-7,9-10H,1,4-5,8,18H2,2H3. The van der Waals surface area contributed by atoms with Gasteiger partial charge in [-0.2, -0.15) is 0 Å². The van der Waals surface area contributed by atoms with Gasteiger partial charge in [-0.15, -0.1) is 6.58 Å². The Kier molecular flexibility index (Phi) is 3.41. The number of ether oxygens (including phenoxy) is 1. The van der Waals surface area contributed by atoms with Gasteiger partial charge < -0.3 is 15.0 Å². The molecule has 0 bridgehead atoms. The lowest BCUT2D eigenvalue weighted by molar-refractivity contribution is 0.386. The Balaban J connectivity index is 2.07. The molecule has 0 aliphatic heterocycles. The van der Waals surface area contributed by atoms with Crippen molar-refractivity contribution in [3.63, 3.8) is 0 Å². The van der Waals surface area contributed by atoms with Crippen molar-refractivity contribution in [1.29, 1.82) is 0 Å². The van der Waals surface area contributed by atoms with Crippen LogP contribution in [0.5, 0.6) is 5.75 Å². The largest absolute Gasteiger partial charge is 0.494 e. The first kappa shape index (κ1) is 13.7. The molecular weight excluding hydrogens is 269 g/mol. The fourth-order valence-electron chi connectivity index (χ4n) is 2.48. The number of halogens is 1. The smallest absolute Gasteiger partial charge is 0.165 e. The minimum Gasteiger partial charge on any atom is -0.494 e. The molecule has 2 N–H and O–H groups in total. The topological polar surface area (TPSA) is 53.1 Å². The number of rotatable bonds is 5. The number of nitrogen functional groups attached to an aromatic ring is 1. The third kappa shape index (κ3) is 2.39. The van der Waals surface area contributed by atoms with E-state index in [1.807, 2.05) is 4.57 Å². The van der Waals surface area contributed by atoms with Gasteiger partial charge in [-0.1, -0.05) is 6.08 Å². The molecule has 1 aromatic carbocycles. The molecule has 2 aromatic rings. The van der Waals surface area contributed by atoms with E-state index in [2.05, 4.69) is 11.6 Å². The van der Waals surface area contributed by atoms with E-state index >= 15 is 0 Å². The van der Waals surface area contributed by atoms with Gasteiger partial charge in [0.1, 0.15) is 17.3 Å². The lowest BCUT2D eigenvalue weighted by atomic mass is 10.1. The summed E-state index contributed by atoms with van der Waals surface area (Å²) in [6, 6.07) is 4.77. The summed E-state index contributed by atoms with van der Waals surface area (Å²) >= 11 is 0. The summed E-state index contributed by atoms with van der Waals surface area (Å²) in [5, 5.41) is 0. The number of benzene rings is 1. The fraction of sp³-hybridized carbons (Fsp3) is 0.312. The molecule has 1 aliphatic carbocycles. The zero-order valence-electron chi connectivity index (χ0n) is 12.0. The van der Waals surface area contributed by atoms with Crippen molar-refractivity contribution in [2.75, 3.05) is 12.8 Å². The van der Waals surface area contributed by atoms with Crippen LogP contribution in [0.3, 0.4) is 0 Å². The minimum atomic E-state index is -0.416. The highest BCUT2D eigenvalue weighted by atomic mass is 19.1. The molecule has 0 atom stereocenters. The highest BCUT2D eigenvalue weighted by Gasteiger charge is 2.30. The average Bonchev–Trinajstić information content (AvgIpc) is 3.26. The normalized spacial score (nSPS) is 14.2. The van der Waals surface area contributed by atoms with Crippen LogP contribution in [0.2, 0.25) is 0 Å². The van der Waals surface area contributed by atoms with Crippen LogP contribution in [-0.4, -0.2) is 16.7 Å². The van der Waals surface area contributed by atoms with Gasteiger partial charge in [-0.3, -0.25) is 0 Å². The van der Waals surface area contributed by atoms with Crippen LogP contribution in [0.25, 0.3) is 11.3 Å². The van der Waals surface area contributed by atoms with Crippen LogP contribution in [-0.2, 0) is 6.54 Å². The first-order valence-corrected chi connectivity index (χ1v) is 6.96. The van der Waals surface area contributed by atoms with Gasteiger partial charge in [0.15, 0.2) is 11.6 Å². The molecule has 1 aromatic heterocycles. The van der Waals surface area contributed by atoms with E-state index in [9.17, 15) is 4.39 Å². The predicted molar refractivity (Wildman–Crippen MR) is 80.8 cm³/mol. The van der Waals surface area contributed by atoms with E-state index in [1.54, 1.807) is 18.2 Å². The SMILES string of the molecule is C=CCn1c(C2CC2)nc(-c2ccc(OC)c(F)c2)c1N. The maximum Gasteiger partial charge on any atom is 0.165 e. The number of anilines is 1. The molecule has 4 nitrogen and oxygen atoms in total. The highest BCUT2D eigenvalue weighted by molar-refractivity contribution is 5.72. The number of allylic oxidation sites excluding steroid dienone is 1. The Bertz CT molecular complexity index is 689. The van der Waals surface area contributed by atoms with Crippen LogP contribution in [0.1, 0.15) is 24.6 Å². The van der Waals surface area contributed by atoms with E-state index in [4.69, 9.17) is 10.5 Å². The highest BCUT2D eigenvalue weighted by Crippen LogP contribution is 2.42. The van der Waals surface area contributed by atoms with Crippen LogP contribution in [0.4, 0.5) is 10.2 Å². The van der Waals surface area contributed by atoms with Gasteiger partial charge in [-0.05, 0) is 31.0 Å². The number of imidazole rings is 1. The zero-order valence-corrected chi connectivity index (χ0v) is 12.0. The number of hydrogen-bond donors (Lipinski definition) is 1. The number of aromatic nitrogens is 2. The minimum absolute atomic E-state index is 0.213. The van der Waals surface area contributed by atoms with Crippen molar-refractivity contribution >= 4 is 5.82 Å². The van der Waals surface area contributed by atoms with E-state index in [0.29, 0.717) is 29.5 Å². The van der Waals surface area contributed by atoms with Crippen molar-refractivity contribution in [3.8, 4) is 17.0 Å². The molecule has 0 spiro atoms. The van der Waals surface area contributed by atoms with Crippen LogP contribution in [0, 0.1) is 5.82 Å². The lowest BCUT2D eigenvalue weighted by Gasteiger charge is -2.06. The molecule has 0 radical (unpaired) electrons. The van der Waals surface area contributed by atoms with Crippen molar-refractivity contribution in [3.05, 3.63) is 42.5 Å². The Morgan fingerprint density at radius 3 is 2.86 bits per heavy atom. The zero-order chi connectivity index (χ0) is 15.0. The van der Waals surface area contributed by atoms with Crippen molar-refractivity contribution in [2.24, 2.45) is 0 Å². The molecular formula is C16H18FN3O. The molecule has 0 unspecified atom stereocenters. The van der Waals surface area contributed by atoms with Gasteiger partial charge in [0.05, 0.1) is 7.11 Å². The summed E-state index contributed by atoms with van der Waals surface area (Å²) in [6.45, 7) is 4.37. The van der Waals surface area contributed by atoms with Crippen LogP contribution in [0.15, 0.2) is 30.9 Å². The first-order chi connectivity index (χ1) is 10.2. The van der Waals surface area contributed by atoms with Gasteiger partial charge in [0.25, 0.3) is 0 Å². The fourth-order valence-corrected chi connectivity index (χ4v) is 2.48. The second kappa shape index (κ2) is 5.24. The molecule has 0 saturated heterocycles. The maximum atomic E-state index is 13.9. The van der Waals surface area contributed by atoms with Crippen molar-refractivity contribution in [2.45, 2.75) is 25.3 Å². The molecule has 1 saturated carbocycles. The monoisotopic (exact) mass is 287 g/mol. The third-order valence-electron chi connectivity index (χ3n) is 3.72. The maximum absolute atomic E-state index is 13.9. The Labute approximate surface area is 123 Å². The summed E-state index contributed by atoms with van der Waals surface area (Å²) in [7, 11) is 1.44. The first-order valence-electron chi connectivity index (χ1n) is 6.96. The van der Waals surface area contributed by atoms with Gasteiger partial charge in [-0.25, -0.2) is 9.37 Å². The van der Waals surface area contributed by atoms with E-state index in [0.717, 1.165) is 18.7 Å². The van der Waals surface area contributed by atoms with Gasteiger partial charge in [0, 0.05) is 18.0 Å². The lowest BCUT2D eigenvalue weighted by Crippen LogP contribution is -2.05. The molecule has 5 heteroatoms. The van der Waals surface area contributed by atoms with Gasteiger partial charge >= 0.3 is 0 Å². The third-order valence-corrected chi connectivity index (χ3v) is 3.72. The van der Waals surface area contributed by atoms with Crippen molar-refractivity contribution < 1.29 is 9.13 Å². The summed E-state index contributed by atoms with van der Waals surface area (Å²) in [4.78, 5) is 4.64. The van der Waals surface area contributed by atoms with Crippen LogP contribution >= 0.6 is 0 Å². The molecule has 3 rings (SSSR count). The predicted octanol–water partition coefficient (Wildman–Crippen LogP) is 3.34. The quantitative estimate of drug-likeness (QED) is 0.858. The summed E-state index contributed by atoms with van der Waals surface area (Å²) in [5.41, 5.74) is 7.50. The van der Waals surface area contributed by atoms with E-state index in [1.165, 1.54) is 13.2 Å². The molecule has 1 aliphatic rings. The second-order valence-electron chi connectivity index (χ2n) is 5.23. The average molecular weight is 287 g/mol. The number of hydrogen-bond acceptors (Lipinski definition) is 3. The molecule has 21 heavy (non-hydrogen) atoms. The molecule has 0 amide bonds. The summed E-state index contributed by atoms with van der Waals surface area (Å²) in [6.07, 6.45) is 4.05. The Hall–Kier alpha value is -2.30. The van der Waals surface area contributed by atoms with Crippen molar-refractivity contribution in [1.82, 2.24) is 9.55 Å². The number of nitrogens with zero attached hydrogens (tertiary/aromatic N) is 2. The van der Waals surface area contributed by atoms with E-state index in [-0.39, 0.29) is 5.75 Å².